The second kappa shape index (κ2) is 8.99. The van der Waals surface area contributed by atoms with E-state index in [1.165, 1.54) is 12.1 Å². The van der Waals surface area contributed by atoms with Crippen molar-refractivity contribution in [3.05, 3.63) is 57.0 Å². The monoisotopic (exact) mass is 425 g/mol. The molecule has 0 spiro atoms. The molecule has 1 aromatic carbocycles. The zero-order valence-corrected chi connectivity index (χ0v) is 19.0. The van der Waals surface area contributed by atoms with Gasteiger partial charge in [-0.25, -0.2) is 9.97 Å². The molecule has 0 bridgehead atoms. The van der Waals surface area contributed by atoms with Crippen molar-refractivity contribution in [2.45, 2.75) is 47.5 Å². The van der Waals surface area contributed by atoms with E-state index in [1.807, 2.05) is 18.7 Å². The molecular formula is C23H31N5O3. The van der Waals surface area contributed by atoms with E-state index < -0.39 is 4.92 Å². The van der Waals surface area contributed by atoms with Crippen LogP contribution < -0.4 is 4.90 Å². The normalized spacial score (nSPS) is 14.6. The Morgan fingerprint density at radius 2 is 1.68 bits per heavy atom. The summed E-state index contributed by atoms with van der Waals surface area (Å²) in [4.78, 5) is 36.6. The number of hydrogen-bond acceptors (Lipinski definition) is 6. The fourth-order valence-electron chi connectivity index (χ4n) is 3.86. The van der Waals surface area contributed by atoms with Gasteiger partial charge in [0.05, 0.1) is 4.92 Å². The van der Waals surface area contributed by atoms with Gasteiger partial charge in [0, 0.05) is 62.4 Å². The van der Waals surface area contributed by atoms with Crippen molar-refractivity contribution in [1.29, 1.82) is 0 Å². The van der Waals surface area contributed by atoms with Gasteiger partial charge < -0.3 is 9.80 Å². The maximum Gasteiger partial charge on any atom is 0.269 e. The molecule has 8 nitrogen and oxygen atoms in total. The molecular weight excluding hydrogens is 394 g/mol. The summed E-state index contributed by atoms with van der Waals surface area (Å²) in [6, 6.07) is 6.62. The van der Waals surface area contributed by atoms with E-state index in [0.29, 0.717) is 31.8 Å². The first kappa shape index (κ1) is 22.7. The Hall–Kier alpha value is -3.03. The fourth-order valence-corrected chi connectivity index (χ4v) is 3.86. The number of amides is 1. The summed E-state index contributed by atoms with van der Waals surface area (Å²) in [5, 5.41) is 10.9. The average Bonchev–Trinajstić information content (AvgIpc) is 2.69. The lowest BCUT2D eigenvalue weighted by atomic mass is 9.91. The summed E-state index contributed by atoms with van der Waals surface area (Å²) in [5.41, 5.74) is 2.96. The minimum absolute atomic E-state index is 0.0208. The number of nitro benzene ring substituents is 1. The van der Waals surface area contributed by atoms with Crippen molar-refractivity contribution in [3.63, 3.8) is 0 Å². The van der Waals surface area contributed by atoms with E-state index in [0.717, 1.165) is 35.7 Å². The molecule has 2 aromatic rings. The molecule has 166 valence electrons. The van der Waals surface area contributed by atoms with Crippen LogP contribution in [0.5, 0.6) is 0 Å². The molecule has 1 amide bonds. The number of carbonyl (C=O) groups is 1. The van der Waals surface area contributed by atoms with Crippen LogP contribution >= 0.6 is 0 Å². The van der Waals surface area contributed by atoms with Gasteiger partial charge in [-0.3, -0.25) is 14.9 Å². The van der Waals surface area contributed by atoms with Crippen LogP contribution in [0.1, 0.15) is 49.8 Å². The van der Waals surface area contributed by atoms with Crippen LogP contribution in [0.25, 0.3) is 0 Å². The van der Waals surface area contributed by atoms with Crippen LogP contribution in [0, 0.1) is 29.4 Å². The van der Waals surface area contributed by atoms with Gasteiger partial charge in [-0.2, -0.15) is 0 Å². The molecule has 3 rings (SSSR count). The van der Waals surface area contributed by atoms with Crippen molar-refractivity contribution in [1.82, 2.24) is 14.9 Å². The maximum absolute atomic E-state index is 12.6. The quantitative estimate of drug-likeness (QED) is 0.536. The summed E-state index contributed by atoms with van der Waals surface area (Å²) in [7, 11) is 0. The number of nitrogens with zero attached hydrogens (tertiary/aromatic N) is 5. The van der Waals surface area contributed by atoms with Crippen molar-refractivity contribution >= 4 is 17.4 Å². The minimum Gasteiger partial charge on any atom is -0.353 e. The molecule has 1 aliphatic rings. The molecule has 0 radical (unpaired) electrons. The number of piperazine rings is 1. The van der Waals surface area contributed by atoms with Crippen LogP contribution in [-0.4, -0.2) is 51.9 Å². The third-order valence-electron chi connectivity index (χ3n) is 5.45. The average molecular weight is 426 g/mol. The molecule has 0 saturated carbocycles. The number of anilines is 1. The zero-order valence-electron chi connectivity index (χ0n) is 19.0. The molecule has 0 atom stereocenters. The van der Waals surface area contributed by atoms with Gasteiger partial charge >= 0.3 is 0 Å². The molecule has 31 heavy (non-hydrogen) atoms. The predicted molar refractivity (Wildman–Crippen MR) is 120 cm³/mol. The van der Waals surface area contributed by atoms with Gasteiger partial charge in [0.1, 0.15) is 11.6 Å². The van der Waals surface area contributed by atoms with Crippen LogP contribution in [0.2, 0.25) is 0 Å². The Balaban J connectivity index is 1.77. The van der Waals surface area contributed by atoms with Gasteiger partial charge in [-0.15, -0.1) is 0 Å². The minimum atomic E-state index is -0.393. The molecule has 2 heterocycles. The van der Waals surface area contributed by atoms with E-state index in [-0.39, 0.29) is 17.0 Å². The van der Waals surface area contributed by atoms with Crippen LogP contribution in [-0.2, 0) is 11.2 Å². The largest absolute Gasteiger partial charge is 0.353 e. The number of aromatic nitrogens is 2. The summed E-state index contributed by atoms with van der Waals surface area (Å²) in [5.74, 6) is 1.81. The van der Waals surface area contributed by atoms with E-state index >= 15 is 0 Å². The maximum atomic E-state index is 12.6. The van der Waals surface area contributed by atoms with Crippen molar-refractivity contribution in [2.75, 3.05) is 31.1 Å². The fraction of sp³-hybridized carbons (Fsp3) is 0.522. The Labute approximate surface area is 183 Å². The first-order valence-corrected chi connectivity index (χ1v) is 10.6. The zero-order chi connectivity index (χ0) is 22.8. The molecule has 0 unspecified atom stereocenters. The molecule has 1 saturated heterocycles. The first-order chi connectivity index (χ1) is 14.5. The number of rotatable bonds is 5. The summed E-state index contributed by atoms with van der Waals surface area (Å²) in [6.45, 7) is 12.9. The molecule has 0 aliphatic carbocycles. The molecule has 8 heteroatoms. The first-order valence-electron chi connectivity index (χ1n) is 10.6. The van der Waals surface area contributed by atoms with E-state index in [1.54, 1.807) is 12.1 Å². The standard InChI is InChI=1S/C23H31N5O3/c1-16-20(14-18-6-8-19(9-7-18)28(30)31)22(25-17(2)24-16)27-12-10-26(11-13-27)21(29)15-23(3,4)5/h6-9H,10-15H2,1-5H3. The summed E-state index contributed by atoms with van der Waals surface area (Å²) in [6.07, 6.45) is 1.15. The van der Waals surface area contributed by atoms with E-state index in [2.05, 4.69) is 30.7 Å². The number of aryl methyl sites for hydroxylation is 2. The highest BCUT2D eigenvalue weighted by molar-refractivity contribution is 5.77. The SMILES string of the molecule is Cc1nc(C)c(Cc2ccc([N+](=O)[O-])cc2)c(N2CCN(C(=O)CC(C)(C)C)CC2)n1. The van der Waals surface area contributed by atoms with Gasteiger partial charge in [0.25, 0.3) is 5.69 Å². The molecule has 1 aromatic heterocycles. The van der Waals surface area contributed by atoms with E-state index in [4.69, 9.17) is 4.98 Å². The Kier molecular flexibility index (Phi) is 6.57. The smallest absolute Gasteiger partial charge is 0.269 e. The lowest BCUT2D eigenvalue weighted by Crippen LogP contribution is -2.50. The number of nitro groups is 1. The Morgan fingerprint density at radius 3 is 2.23 bits per heavy atom. The highest BCUT2D eigenvalue weighted by Crippen LogP contribution is 2.27. The number of benzene rings is 1. The van der Waals surface area contributed by atoms with Crippen molar-refractivity contribution in [2.24, 2.45) is 5.41 Å². The van der Waals surface area contributed by atoms with Crippen LogP contribution in [0.3, 0.4) is 0 Å². The number of carbonyl (C=O) groups excluding carboxylic acids is 1. The van der Waals surface area contributed by atoms with Gasteiger partial charge in [-0.05, 0) is 24.8 Å². The van der Waals surface area contributed by atoms with Gasteiger partial charge in [0.15, 0.2) is 0 Å². The van der Waals surface area contributed by atoms with Crippen molar-refractivity contribution in [3.8, 4) is 0 Å². The second-order valence-electron chi connectivity index (χ2n) is 9.36. The highest BCUT2D eigenvalue weighted by Gasteiger charge is 2.27. The molecule has 0 N–H and O–H groups in total. The topological polar surface area (TPSA) is 92.5 Å². The molecule has 1 aliphatic heterocycles. The van der Waals surface area contributed by atoms with Crippen molar-refractivity contribution < 1.29 is 9.72 Å². The third kappa shape index (κ3) is 5.77. The Morgan fingerprint density at radius 1 is 1.06 bits per heavy atom. The molecule has 1 fully saturated rings. The lowest BCUT2D eigenvalue weighted by Gasteiger charge is -2.37. The van der Waals surface area contributed by atoms with E-state index in [9.17, 15) is 14.9 Å². The predicted octanol–water partition coefficient (Wildman–Crippen LogP) is 3.68. The van der Waals surface area contributed by atoms with Crippen LogP contribution in [0.4, 0.5) is 11.5 Å². The number of hydrogen-bond donors (Lipinski definition) is 0. The highest BCUT2D eigenvalue weighted by atomic mass is 16.6. The summed E-state index contributed by atoms with van der Waals surface area (Å²) < 4.78 is 0. The van der Waals surface area contributed by atoms with Crippen LogP contribution in [0.15, 0.2) is 24.3 Å². The summed E-state index contributed by atoms with van der Waals surface area (Å²) >= 11 is 0. The second-order valence-corrected chi connectivity index (χ2v) is 9.36. The third-order valence-corrected chi connectivity index (χ3v) is 5.45. The van der Waals surface area contributed by atoms with Gasteiger partial charge in [0.2, 0.25) is 5.91 Å². The lowest BCUT2D eigenvalue weighted by molar-refractivity contribution is -0.384. The Bertz CT molecular complexity index is 958. The van der Waals surface area contributed by atoms with Gasteiger partial charge in [-0.1, -0.05) is 32.9 Å². The number of non-ortho nitro benzene ring substituents is 1.